The summed E-state index contributed by atoms with van der Waals surface area (Å²) in [5.41, 5.74) is 0. The van der Waals surface area contributed by atoms with Crippen molar-refractivity contribution in [1.82, 2.24) is 0 Å². The van der Waals surface area contributed by atoms with Crippen molar-refractivity contribution in [3.05, 3.63) is 0 Å². The molecule has 0 saturated carbocycles. The van der Waals surface area contributed by atoms with Gasteiger partial charge >= 0.3 is 0 Å². The van der Waals surface area contributed by atoms with Crippen LogP contribution in [0.25, 0.3) is 0 Å². The van der Waals surface area contributed by atoms with Crippen LogP contribution >= 0.6 is 0 Å². The van der Waals surface area contributed by atoms with E-state index in [1.165, 1.54) is 0 Å². The summed E-state index contributed by atoms with van der Waals surface area (Å²) >= 11 is 0. The van der Waals surface area contributed by atoms with Gasteiger partial charge in [-0.25, -0.2) is 55.9 Å². The number of halogens is 3. The Morgan fingerprint density at radius 1 is 0.312 bits per heavy atom. The van der Waals surface area contributed by atoms with Crippen molar-refractivity contribution < 1.29 is 86.6 Å². The average Bonchev–Trinajstić information content (AvgIpc) is 1.41. The van der Waals surface area contributed by atoms with Crippen LogP contribution in [0.4, 0.5) is 0 Å². The van der Waals surface area contributed by atoms with E-state index in [0.717, 1.165) is 0 Å². The fraction of sp³-hybridized carbons (Fsp3) is 0. The van der Waals surface area contributed by atoms with E-state index in [4.69, 9.17) is 55.9 Å². The van der Waals surface area contributed by atoms with Gasteiger partial charge in [0.25, 0.3) is 0 Å². The van der Waals surface area contributed by atoms with Crippen LogP contribution in [0, 0.1) is 30.7 Å². The van der Waals surface area contributed by atoms with E-state index < -0.39 is 30.7 Å². The SMILES string of the molecule is [Ga].[O-][Cl+3]([O-])([O-])[O-].[O-][Cl+3]([O-])([O-])[O-].[O-][Cl+3]([O-])([O-])[O-]. The standard InChI is InChI=1S/3ClHO4.Ga/c3*2-1(3,4)5;/h3*(H,2,3,4,5);/p-3. The summed E-state index contributed by atoms with van der Waals surface area (Å²) in [4.78, 5) is 0. The minimum Gasteiger partial charge on any atom is -0.222 e. The van der Waals surface area contributed by atoms with E-state index in [1.54, 1.807) is 0 Å². The van der Waals surface area contributed by atoms with Crippen molar-refractivity contribution in [3.8, 4) is 0 Å². The minimum absolute atomic E-state index is 0. The Balaban J connectivity index is -0.0000000655. The molecule has 0 rings (SSSR count). The van der Waals surface area contributed by atoms with Gasteiger partial charge in [0.05, 0.1) is 0 Å². The van der Waals surface area contributed by atoms with Crippen molar-refractivity contribution >= 4 is 19.8 Å². The monoisotopic (exact) mass is 366 g/mol. The molecule has 16 heteroatoms. The number of hydrogen-bond acceptors (Lipinski definition) is 12. The second-order valence-corrected chi connectivity index (χ2v) is 3.40. The van der Waals surface area contributed by atoms with E-state index in [0.29, 0.717) is 0 Å². The van der Waals surface area contributed by atoms with Crippen LogP contribution in [-0.4, -0.2) is 19.8 Å². The molecule has 0 fully saturated rings. The molecule has 0 aromatic rings. The van der Waals surface area contributed by atoms with Crippen molar-refractivity contribution in [2.75, 3.05) is 0 Å². The summed E-state index contributed by atoms with van der Waals surface area (Å²) in [6.45, 7) is 0. The predicted molar refractivity (Wildman–Crippen MR) is 5.75 cm³/mol. The molecule has 12 nitrogen and oxygen atoms in total. The molecule has 0 saturated heterocycles. The van der Waals surface area contributed by atoms with Crippen LogP contribution in [0.2, 0.25) is 0 Å². The van der Waals surface area contributed by atoms with Crippen LogP contribution < -0.4 is 55.9 Å². The third kappa shape index (κ3) is 2810. The van der Waals surface area contributed by atoms with Gasteiger partial charge in [-0.2, -0.15) is 0 Å². The molecule has 0 aromatic carbocycles. The van der Waals surface area contributed by atoms with Gasteiger partial charge in [-0.05, 0) is 0 Å². The van der Waals surface area contributed by atoms with E-state index in [1.807, 2.05) is 0 Å². The van der Waals surface area contributed by atoms with Crippen LogP contribution in [0.15, 0.2) is 0 Å². The topological polar surface area (TPSA) is 277 Å². The summed E-state index contributed by atoms with van der Waals surface area (Å²) in [6, 6.07) is 0. The van der Waals surface area contributed by atoms with Crippen LogP contribution in [0.3, 0.4) is 0 Å². The second kappa shape index (κ2) is 10.00. The van der Waals surface area contributed by atoms with Gasteiger partial charge < -0.3 is 0 Å². The van der Waals surface area contributed by atoms with Gasteiger partial charge in [-0.15, -0.1) is 30.7 Å². The third-order valence-corrected chi connectivity index (χ3v) is 0. The van der Waals surface area contributed by atoms with E-state index in [9.17, 15) is 0 Å². The Morgan fingerprint density at radius 3 is 0.312 bits per heavy atom. The Hall–Kier alpha value is 1.03. The quantitative estimate of drug-likeness (QED) is 0.360. The van der Waals surface area contributed by atoms with E-state index in [2.05, 4.69) is 0 Å². The molecular weight excluding hydrogens is 368 g/mol. The fourth-order valence-corrected chi connectivity index (χ4v) is 0. The van der Waals surface area contributed by atoms with Crippen molar-refractivity contribution in [2.45, 2.75) is 0 Å². The molecule has 0 N–H and O–H groups in total. The summed E-state index contributed by atoms with van der Waals surface area (Å²) in [5.74, 6) is 0. The molecule has 0 aliphatic carbocycles. The molecule has 0 amide bonds. The maximum Gasteiger partial charge on any atom is 0 e. The van der Waals surface area contributed by atoms with Crippen LogP contribution in [0.1, 0.15) is 0 Å². The average molecular weight is 368 g/mol. The summed E-state index contributed by atoms with van der Waals surface area (Å²) in [7, 11) is -14.8. The molecule has 99 valence electrons. The maximum absolute atomic E-state index is 8.49. The van der Waals surface area contributed by atoms with Gasteiger partial charge in [-0.3, -0.25) is 0 Å². The first-order valence-electron chi connectivity index (χ1n) is 1.85. The smallest absolute Gasteiger partial charge is 0 e. The number of hydrogen-bond donors (Lipinski definition) is 0. The fourth-order valence-electron chi connectivity index (χ4n) is 0. The Labute approximate surface area is 106 Å². The first kappa shape index (κ1) is 25.8. The first-order chi connectivity index (χ1) is 6.00. The molecule has 0 unspecified atom stereocenters. The van der Waals surface area contributed by atoms with Crippen molar-refractivity contribution in [2.24, 2.45) is 0 Å². The maximum atomic E-state index is 8.49. The molecule has 0 bridgehead atoms. The van der Waals surface area contributed by atoms with Crippen molar-refractivity contribution in [1.29, 1.82) is 0 Å². The van der Waals surface area contributed by atoms with Crippen LogP contribution in [0.5, 0.6) is 0 Å². The Bertz CT molecular complexity index is 91.3. The van der Waals surface area contributed by atoms with Gasteiger partial charge in [0.2, 0.25) is 0 Å². The van der Waals surface area contributed by atoms with Gasteiger partial charge in [0, 0.05) is 19.8 Å². The molecule has 3 radical (unpaired) electrons. The Kier molecular flexibility index (Phi) is 16.1. The van der Waals surface area contributed by atoms with Gasteiger partial charge in [-0.1, -0.05) is 0 Å². The molecule has 0 heterocycles. The molecule has 0 aliphatic heterocycles. The first-order valence-corrected chi connectivity index (χ1v) is 5.55. The molecule has 0 aliphatic rings. The third-order valence-electron chi connectivity index (χ3n) is 0. The molecular formula is Cl3GaO12-3. The van der Waals surface area contributed by atoms with Crippen molar-refractivity contribution in [3.63, 3.8) is 0 Å². The number of rotatable bonds is 0. The minimum atomic E-state index is -4.94. The predicted octanol–water partition coefficient (Wildman–Crippen LogP) is -14.6. The molecule has 0 aromatic heterocycles. The summed E-state index contributed by atoms with van der Waals surface area (Å²) < 4.78 is 102. The summed E-state index contributed by atoms with van der Waals surface area (Å²) in [5, 5.41) is 0. The molecule has 0 spiro atoms. The molecule has 0 atom stereocenters. The zero-order chi connectivity index (χ0) is 13.5. The zero-order valence-corrected chi connectivity index (χ0v) is 11.3. The van der Waals surface area contributed by atoms with E-state index in [-0.39, 0.29) is 19.8 Å². The Morgan fingerprint density at radius 2 is 0.312 bits per heavy atom. The largest absolute Gasteiger partial charge is 0.222 e. The zero-order valence-electron chi connectivity index (χ0n) is 6.61. The normalized spacial score (nSPS) is 11.2. The van der Waals surface area contributed by atoms with E-state index >= 15 is 0 Å². The molecule has 16 heavy (non-hydrogen) atoms. The summed E-state index contributed by atoms with van der Waals surface area (Å²) in [6.07, 6.45) is 0. The van der Waals surface area contributed by atoms with Gasteiger partial charge in [0.1, 0.15) is 0 Å². The van der Waals surface area contributed by atoms with Crippen LogP contribution in [-0.2, 0) is 0 Å². The van der Waals surface area contributed by atoms with Gasteiger partial charge in [0.15, 0.2) is 0 Å². The second-order valence-electron chi connectivity index (χ2n) is 1.13.